The molecule has 0 aliphatic rings. The summed E-state index contributed by atoms with van der Waals surface area (Å²) in [5.74, 6) is -0.228. The first-order valence-corrected chi connectivity index (χ1v) is 6.44. The lowest BCUT2D eigenvalue weighted by atomic mass is 10.1. The van der Waals surface area contributed by atoms with Gasteiger partial charge in [-0.25, -0.2) is 4.39 Å². The van der Waals surface area contributed by atoms with Crippen LogP contribution in [0.4, 0.5) is 10.1 Å². The summed E-state index contributed by atoms with van der Waals surface area (Å²) in [4.78, 5) is 0. The van der Waals surface area contributed by atoms with E-state index >= 15 is 0 Å². The van der Waals surface area contributed by atoms with Crippen LogP contribution < -0.4 is 11.1 Å². The lowest BCUT2D eigenvalue weighted by molar-refractivity contribution is 0.619. The second-order valence-electron chi connectivity index (χ2n) is 4.04. The molecule has 2 rings (SSSR count). The van der Waals surface area contributed by atoms with Crippen LogP contribution in [-0.4, -0.2) is 0 Å². The average molecular weight is 309 g/mol. The van der Waals surface area contributed by atoms with Gasteiger partial charge in [0.15, 0.2) is 0 Å². The van der Waals surface area contributed by atoms with Crippen molar-refractivity contribution in [2.45, 2.75) is 13.1 Å². The van der Waals surface area contributed by atoms with Crippen molar-refractivity contribution >= 4 is 21.6 Å². The van der Waals surface area contributed by atoms with E-state index in [1.54, 1.807) is 6.07 Å². The van der Waals surface area contributed by atoms with Crippen LogP contribution in [0, 0.1) is 5.82 Å². The third-order valence-corrected chi connectivity index (χ3v) is 3.47. The van der Waals surface area contributed by atoms with Crippen LogP contribution in [0.3, 0.4) is 0 Å². The van der Waals surface area contributed by atoms with Crippen LogP contribution in [0.15, 0.2) is 46.9 Å². The van der Waals surface area contributed by atoms with Crippen molar-refractivity contribution in [3.63, 3.8) is 0 Å². The summed E-state index contributed by atoms with van der Waals surface area (Å²) >= 11 is 3.40. The number of nitrogen functional groups attached to an aromatic ring is 1. The fourth-order valence-corrected chi connectivity index (χ4v) is 2.09. The molecule has 2 aromatic carbocycles. The third kappa shape index (κ3) is 3.31. The molecule has 0 saturated heterocycles. The largest absolute Gasteiger partial charge is 0.398 e. The first kappa shape index (κ1) is 13.1. The van der Waals surface area contributed by atoms with Crippen molar-refractivity contribution < 1.29 is 4.39 Å². The van der Waals surface area contributed by atoms with Gasteiger partial charge in [-0.3, -0.25) is 0 Å². The number of hydrogen-bond donors (Lipinski definition) is 2. The number of nitrogens with one attached hydrogen (secondary N) is 1. The molecule has 0 aromatic heterocycles. The Morgan fingerprint density at radius 2 is 1.78 bits per heavy atom. The smallest absolute Gasteiger partial charge is 0.123 e. The minimum atomic E-state index is -0.228. The van der Waals surface area contributed by atoms with Gasteiger partial charge in [0.05, 0.1) is 0 Å². The molecule has 3 N–H and O–H groups in total. The van der Waals surface area contributed by atoms with Gasteiger partial charge < -0.3 is 11.1 Å². The predicted molar refractivity (Wildman–Crippen MR) is 75.5 cm³/mol. The molecular formula is C14H14BrFN2. The normalized spacial score (nSPS) is 10.6. The Balaban J connectivity index is 1.96. The molecular weight excluding hydrogens is 295 g/mol. The van der Waals surface area contributed by atoms with Gasteiger partial charge in [0, 0.05) is 23.2 Å². The van der Waals surface area contributed by atoms with E-state index in [4.69, 9.17) is 5.73 Å². The Morgan fingerprint density at radius 1 is 1.06 bits per heavy atom. The molecule has 18 heavy (non-hydrogen) atoms. The first-order chi connectivity index (χ1) is 8.66. The van der Waals surface area contributed by atoms with Gasteiger partial charge in [-0.05, 0) is 35.4 Å². The Bertz CT molecular complexity index is 543. The van der Waals surface area contributed by atoms with E-state index in [9.17, 15) is 4.39 Å². The summed E-state index contributed by atoms with van der Waals surface area (Å²) in [6.45, 7) is 1.25. The minimum Gasteiger partial charge on any atom is -0.398 e. The van der Waals surface area contributed by atoms with E-state index < -0.39 is 0 Å². The number of anilines is 1. The Labute approximate surface area is 114 Å². The van der Waals surface area contributed by atoms with Gasteiger partial charge in [-0.2, -0.15) is 0 Å². The quantitative estimate of drug-likeness (QED) is 0.849. The lowest BCUT2D eigenvalue weighted by Crippen LogP contribution is -2.14. The standard InChI is InChI=1S/C14H14BrFN2/c15-13-6-5-12(16)7-11(13)9-18-8-10-3-1-2-4-14(10)17/h1-7,18H,8-9,17H2. The number of para-hydroxylation sites is 1. The van der Waals surface area contributed by atoms with Crippen molar-refractivity contribution in [3.8, 4) is 0 Å². The van der Waals surface area contributed by atoms with Gasteiger partial charge in [0.2, 0.25) is 0 Å². The van der Waals surface area contributed by atoms with Crippen molar-refractivity contribution in [2.75, 3.05) is 5.73 Å². The highest BCUT2D eigenvalue weighted by atomic mass is 79.9. The zero-order valence-corrected chi connectivity index (χ0v) is 11.4. The molecule has 0 heterocycles. The van der Waals surface area contributed by atoms with Crippen LogP contribution in [0.1, 0.15) is 11.1 Å². The fourth-order valence-electron chi connectivity index (χ4n) is 1.71. The maximum absolute atomic E-state index is 13.1. The van der Waals surface area contributed by atoms with E-state index in [1.165, 1.54) is 12.1 Å². The molecule has 0 saturated carbocycles. The number of benzene rings is 2. The molecule has 0 radical (unpaired) electrons. The van der Waals surface area contributed by atoms with E-state index in [0.717, 1.165) is 21.3 Å². The van der Waals surface area contributed by atoms with E-state index in [2.05, 4.69) is 21.2 Å². The van der Waals surface area contributed by atoms with Crippen LogP contribution in [0.25, 0.3) is 0 Å². The highest BCUT2D eigenvalue weighted by Gasteiger charge is 2.02. The zero-order chi connectivity index (χ0) is 13.0. The number of hydrogen-bond acceptors (Lipinski definition) is 2. The van der Waals surface area contributed by atoms with Gasteiger partial charge >= 0.3 is 0 Å². The number of nitrogens with two attached hydrogens (primary N) is 1. The average Bonchev–Trinajstić information content (AvgIpc) is 2.36. The van der Waals surface area contributed by atoms with Gasteiger partial charge in [-0.15, -0.1) is 0 Å². The topological polar surface area (TPSA) is 38.0 Å². The molecule has 4 heteroatoms. The monoisotopic (exact) mass is 308 g/mol. The second-order valence-corrected chi connectivity index (χ2v) is 4.89. The summed E-state index contributed by atoms with van der Waals surface area (Å²) in [6.07, 6.45) is 0. The van der Waals surface area contributed by atoms with E-state index in [0.29, 0.717) is 13.1 Å². The van der Waals surface area contributed by atoms with Crippen molar-refractivity contribution in [2.24, 2.45) is 0 Å². The predicted octanol–water partition coefficient (Wildman–Crippen LogP) is 3.46. The molecule has 2 aromatic rings. The SMILES string of the molecule is Nc1ccccc1CNCc1cc(F)ccc1Br. The third-order valence-electron chi connectivity index (χ3n) is 2.69. The van der Waals surface area contributed by atoms with Crippen molar-refractivity contribution in [3.05, 3.63) is 63.9 Å². The van der Waals surface area contributed by atoms with Crippen LogP contribution in [0.5, 0.6) is 0 Å². The van der Waals surface area contributed by atoms with E-state index in [-0.39, 0.29) is 5.82 Å². The molecule has 0 spiro atoms. The van der Waals surface area contributed by atoms with Crippen LogP contribution in [-0.2, 0) is 13.1 Å². The molecule has 0 aliphatic heterocycles. The fraction of sp³-hybridized carbons (Fsp3) is 0.143. The molecule has 2 nitrogen and oxygen atoms in total. The highest BCUT2D eigenvalue weighted by molar-refractivity contribution is 9.10. The molecule has 94 valence electrons. The summed E-state index contributed by atoms with van der Waals surface area (Å²) in [7, 11) is 0. The number of halogens is 2. The van der Waals surface area contributed by atoms with Gasteiger partial charge in [0.1, 0.15) is 5.82 Å². The minimum absolute atomic E-state index is 0.228. The Hall–Kier alpha value is -1.39. The highest BCUT2D eigenvalue weighted by Crippen LogP contribution is 2.18. The lowest BCUT2D eigenvalue weighted by Gasteiger charge is -2.09. The van der Waals surface area contributed by atoms with Crippen LogP contribution in [0.2, 0.25) is 0 Å². The van der Waals surface area contributed by atoms with Gasteiger partial charge in [0.25, 0.3) is 0 Å². The molecule has 0 aliphatic carbocycles. The Kier molecular flexibility index (Phi) is 4.33. The molecule has 0 bridgehead atoms. The number of rotatable bonds is 4. The van der Waals surface area contributed by atoms with Gasteiger partial charge in [-0.1, -0.05) is 34.1 Å². The van der Waals surface area contributed by atoms with Crippen molar-refractivity contribution in [1.29, 1.82) is 0 Å². The molecule has 0 atom stereocenters. The first-order valence-electron chi connectivity index (χ1n) is 5.65. The maximum Gasteiger partial charge on any atom is 0.123 e. The summed E-state index contributed by atoms with van der Waals surface area (Å²) in [5.41, 5.74) is 8.55. The molecule has 0 fully saturated rings. The molecule has 0 amide bonds. The summed E-state index contributed by atoms with van der Waals surface area (Å²) in [5, 5.41) is 3.25. The van der Waals surface area contributed by atoms with Crippen LogP contribution >= 0.6 is 15.9 Å². The summed E-state index contributed by atoms with van der Waals surface area (Å²) < 4.78 is 14.0. The van der Waals surface area contributed by atoms with E-state index in [1.807, 2.05) is 24.3 Å². The maximum atomic E-state index is 13.1. The van der Waals surface area contributed by atoms with Crippen molar-refractivity contribution in [1.82, 2.24) is 5.32 Å². The zero-order valence-electron chi connectivity index (χ0n) is 9.79. The second kappa shape index (κ2) is 5.98. The molecule has 0 unspecified atom stereocenters. The Morgan fingerprint density at radius 3 is 2.56 bits per heavy atom. The summed E-state index contributed by atoms with van der Waals surface area (Å²) in [6, 6.07) is 12.4.